The lowest BCUT2D eigenvalue weighted by molar-refractivity contribution is 0.670. The van der Waals surface area contributed by atoms with Gasteiger partial charge in [0.2, 0.25) is 0 Å². The Morgan fingerprint density at radius 1 is 0.353 bits per heavy atom. The number of hydrogen-bond acceptors (Lipinski definition) is 4. The van der Waals surface area contributed by atoms with Crippen LogP contribution >= 0.6 is 0 Å². The first-order valence-corrected chi connectivity index (χ1v) is 17.1. The number of para-hydroxylation sites is 2. The topological polar surface area (TPSA) is 51.8 Å². The van der Waals surface area contributed by atoms with Crippen LogP contribution in [0.5, 0.6) is 0 Å². The van der Waals surface area contributed by atoms with Gasteiger partial charge in [0.25, 0.3) is 0 Å². The van der Waals surface area contributed by atoms with Gasteiger partial charge in [-0.2, -0.15) is 0 Å². The molecule has 0 spiro atoms. The van der Waals surface area contributed by atoms with E-state index in [1.54, 1.807) is 0 Å². The van der Waals surface area contributed by atoms with Gasteiger partial charge in [0.05, 0.1) is 22.6 Å². The van der Waals surface area contributed by atoms with Crippen LogP contribution in [0.25, 0.3) is 99.9 Å². The Bertz CT molecular complexity index is 2900. The first-order valence-electron chi connectivity index (χ1n) is 17.1. The normalized spacial score (nSPS) is 11.5. The van der Waals surface area contributed by atoms with Crippen molar-refractivity contribution in [1.82, 2.24) is 15.0 Å². The van der Waals surface area contributed by atoms with Crippen molar-refractivity contribution in [2.24, 2.45) is 0 Å². The van der Waals surface area contributed by atoms with Crippen LogP contribution in [0.15, 0.2) is 180 Å². The fourth-order valence-corrected chi connectivity index (χ4v) is 7.19. The molecule has 0 saturated carbocycles. The van der Waals surface area contributed by atoms with E-state index < -0.39 is 0 Å². The zero-order valence-electron chi connectivity index (χ0n) is 27.5. The molecule has 0 radical (unpaired) electrons. The Morgan fingerprint density at radius 3 is 1.73 bits per heavy atom. The van der Waals surface area contributed by atoms with Crippen molar-refractivity contribution in [2.75, 3.05) is 0 Å². The zero-order valence-corrected chi connectivity index (χ0v) is 27.5. The zero-order chi connectivity index (χ0) is 33.7. The molecule has 0 aliphatic heterocycles. The van der Waals surface area contributed by atoms with Gasteiger partial charge in [-0.3, -0.25) is 0 Å². The van der Waals surface area contributed by atoms with Gasteiger partial charge < -0.3 is 4.42 Å². The van der Waals surface area contributed by atoms with Crippen LogP contribution in [-0.2, 0) is 0 Å². The summed E-state index contributed by atoms with van der Waals surface area (Å²) >= 11 is 0. The Kier molecular flexibility index (Phi) is 6.78. The summed E-state index contributed by atoms with van der Waals surface area (Å²) in [6.45, 7) is 0. The van der Waals surface area contributed by atoms with Crippen LogP contribution in [0.1, 0.15) is 0 Å². The molecule has 0 unspecified atom stereocenters. The molecule has 4 heteroatoms. The lowest BCUT2D eigenvalue weighted by Gasteiger charge is -2.13. The third-order valence-corrected chi connectivity index (χ3v) is 9.68. The van der Waals surface area contributed by atoms with E-state index in [1.807, 2.05) is 42.5 Å². The third kappa shape index (κ3) is 5.04. The maximum atomic E-state index is 6.66. The van der Waals surface area contributed by atoms with Crippen molar-refractivity contribution in [1.29, 1.82) is 0 Å². The minimum Gasteiger partial charge on any atom is -0.455 e. The molecule has 0 saturated heterocycles. The van der Waals surface area contributed by atoms with Crippen LogP contribution in [0.3, 0.4) is 0 Å². The SMILES string of the molecule is c1ccc(-c2ccc(-c3cc(-c4cc(-c5nc6ccccc6c6ccccc56)cc5c4oc4ccccc45)nc(-c4ccccc4)n3)cc2)cc1. The van der Waals surface area contributed by atoms with Crippen LogP contribution in [-0.4, -0.2) is 15.0 Å². The first-order chi connectivity index (χ1) is 25.3. The molecule has 0 atom stereocenters. The number of aromatic nitrogens is 3. The fourth-order valence-electron chi connectivity index (χ4n) is 7.19. The van der Waals surface area contributed by atoms with Gasteiger partial charge in [-0.05, 0) is 46.8 Å². The molecule has 0 N–H and O–H groups in total. The van der Waals surface area contributed by atoms with Gasteiger partial charge >= 0.3 is 0 Å². The summed E-state index contributed by atoms with van der Waals surface area (Å²) in [5.41, 5.74) is 11.3. The Hall–Kier alpha value is -6.91. The molecular formula is C47H29N3O. The van der Waals surface area contributed by atoms with E-state index in [9.17, 15) is 0 Å². The molecule has 0 aliphatic carbocycles. The smallest absolute Gasteiger partial charge is 0.160 e. The predicted octanol–water partition coefficient (Wildman–Crippen LogP) is 12.4. The second-order valence-electron chi connectivity index (χ2n) is 12.8. The lowest BCUT2D eigenvalue weighted by Crippen LogP contribution is -1.97. The van der Waals surface area contributed by atoms with Crippen molar-refractivity contribution >= 4 is 43.6 Å². The number of benzene rings is 7. The van der Waals surface area contributed by atoms with Gasteiger partial charge in [0.15, 0.2) is 5.82 Å². The summed E-state index contributed by atoms with van der Waals surface area (Å²) in [7, 11) is 0. The van der Waals surface area contributed by atoms with E-state index in [2.05, 4.69) is 133 Å². The van der Waals surface area contributed by atoms with Crippen LogP contribution in [0.4, 0.5) is 0 Å². The van der Waals surface area contributed by atoms with Crippen molar-refractivity contribution < 1.29 is 4.42 Å². The molecule has 0 fully saturated rings. The van der Waals surface area contributed by atoms with Crippen LogP contribution in [0.2, 0.25) is 0 Å². The monoisotopic (exact) mass is 651 g/mol. The summed E-state index contributed by atoms with van der Waals surface area (Å²) in [4.78, 5) is 15.6. The Labute approximate surface area is 294 Å². The number of fused-ring (bicyclic) bond motifs is 6. The highest BCUT2D eigenvalue weighted by Gasteiger charge is 2.20. The van der Waals surface area contributed by atoms with E-state index in [-0.39, 0.29) is 0 Å². The highest BCUT2D eigenvalue weighted by molar-refractivity contribution is 6.14. The van der Waals surface area contributed by atoms with Crippen molar-refractivity contribution in [2.45, 2.75) is 0 Å². The largest absolute Gasteiger partial charge is 0.455 e. The van der Waals surface area contributed by atoms with Crippen molar-refractivity contribution in [3.8, 4) is 56.3 Å². The second kappa shape index (κ2) is 11.9. The quantitative estimate of drug-likeness (QED) is 0.174. The summed E-state index contributed by atoms with van der Waals surface area (Å²) in [6.07, 6.45) is 0. The van der Waals surface area contributed by atoms with E-state index in [0.717, 1.165) is 83.1 Å². The number of furan rings is 1. The van der Waals surface area contributed by atoms with Gasteiger partial charge in [0, 0.05) is 43.8 Å². The summed E-state index contributed by atoms with van der Waals surface area (Å²) in [5.74, 6) is 0.652. The molecule has 0 bridgehead atoms. The van der Waals surface area contributed by atoms with Crippen molar-refractivity contribution in [3.05, 3.63) is 176 Å². The van der Waals surface area contributed by atoms with Gasteiger partial charge in [-0.25, -0.2) is 15.0 Å². The molecule has 3 heterocycles. The number of pyridine rings is 1. The summed E-state index contributed by atoms with van der Waals surface area (Å²) in [5, 5.41) is 5.48. The highest BCUT2D eigenvalue weighted by atomic mass is 16.3. The van der Waals surface area contributed by atoms with E-state index in [0.29, 0.717) is 5.82 Å². The second-order valence-corrected chi connectivity index (χ2v) is 12.8. The molecule has 7 aromatic carbocycles. The first kappa shape index (κ1) is 29.0. The number of nitrogens with zero attached hydrogens (tertiary/aromatic N) is 3. The predicted molar refractivity (Wildman–Crippen MR) is 209 cm³/mol. The highest BCUT2D eigenvalue weighted by Crippen LogP contribution is 2.42. The van der Waals surface area contributed by atoms with Gasteiger partial charge in [-0.15, -0.1) is 0 Å². The molecule has 3 aromatic heterocycles. The molecule has 10 rings (SSSR count). The molecular weight excluding hydrogens is 623 g/mol. The molecule has 0 aliphatic rings. The molecule has 51 heavy (non-hydrogen) atoms. The average Bonchev–Trinajstić information content (AvgIpc) is 3.59. The fraction of sp³-hybridized carbons (Fsp3) is 0. The Balaban J connectivity index is 1.24. The molecule has 0 amide bonds. The third-order valence-electron chi connectivity index (χ3n) is 9.68. The number of hydrogen-bond donors (Lipinski definition) is 0. The summed E-state index contributed by atoms with van der Waals surface area (Å²) < 4.78 is 6.66. The minimum atomic E-state index is 0.652. The number of rotatable bonds is 5. The lowest BCUT2D eigenvalue weighted by atomic mass is 9.95. The van der Waals surface area contributed by atoms with E-state index >= 15 is 0 Å². The van der Waals surface area contributed by atoms with Crippen LogP contribution < -0.4 is 0 Å². The standard InChI is InChI=1S/C47H29N3O/c1-3-13-30(14-4-1)31-23-25-32(26-24-31)42-29-43(50-47(49-42)33-15-5-2-6-16-33)40-28-34(27-39-37-19-10-12-22-44(37)51-46(39)40)45-38-20-8-7-17-35(38)36-18-9-11-21-41(36)48-45/h1-29H. The molecule has 10 aromatic rings. The Morgan fingerprint density at radius 2 is 0.941 bits per heavy atom. The van der Waals surface area contributed by atoms with E-state index in [4.69, 9.17) is 19.4 Å². The maximum Gasteiger partial charge on any atom is 0.160 e. The molecule has 238 valence electrons. The molecule has 4 nitrogen and oxygen atoms in total. The van der Waals surface area contributed by atoms with Gasteiger partial charge in [-0.1, -0.05) is 146 Å². The average molecular weight is 652 g/mol. The van der Waals surface area contributed by atoms with Crippen LogP contribution in [0, 0.1) is 0 Å². The van der Waals surface area contributed by atoms with E-state index in [1.165, 1.54) is 10.9 Å². The minimum absolute atomic E-state index is 0.652. The summed E-state index contributed by atoms with van der Waals surface area (Å²) in [6, 6.07) is 60.8. The maximum absolute atomic E-state index is 6.66. The van der Waals surface area contributed by atoms with Crippen molar-refractivity contribution in [3.63, 3.8) is 0 Å². The van der Waals surface area contributed by atoms with Gasteiger partial charge in [0.1, 0.15) is 11.2 Å².